The number of carbonyl (C=O) groups excluding carboxylic acids is 1. The second-order valence-corrected chi connectivity index (χ2v) is 7.09. The van der Waals surface area contributed by atoms with E-state index in [2.05, 4.69) is 15.5 Å². The lowest BCUT2D eigenvalue weighted by Gasteiger charge is -2.37. The number of aliphatic hydroxyl groups is 2. The van der Waals surface area contributed by atoms with Crippen LogP contribution in [0.2, 0.25) is 0 Å². The fourth-order valence-electron chi connectivity index (χ4n) is 3.40. The van der Waals surface area contributed by atoms with Gasteiger partial charge in [-0.1, -0.05) is 18.2 Å². The van der Waals surface area contributed by atoms with Gasteiger partial charge in [0.1, 0.15) is 29.8 Å². The first-order valence-corrected chi connectivity index (χ1v) is 9.06. The van der Waals surface area contributed by atoms with Crippen LogP contribution in [0.15, 0.2) is 36.4 Å². The molecule has 138 valence electrons. The molecule has 2 aliphatic rings. The van der Waals surface area contributed by atoms with E-state index in [1.54, 1.807) is 6.07 Å². The van der Waals surface area contributed by atoms with Crippen LogP contribution < -0.4 is 10.1 Å². The van der Waals surface area contributed by atoms with E-state index in [0.717, 1.165) is 18.5 Å². The summed E-state index contributed by atoms with van der Waals surface area (Å²) in [5.41, 5.74) is 1.30. The van der Waals surface area contributed by atoms with Crippen molar-refractivity contribution in [1.82, 2.24) is 15.5 Å². The molecule has 1 aromatic heterocycles. The van der Waals surface area contributed by atoms with Crippen molar-refractivity contribution in [1.29, 1.82) is 0 Å². The quantitative estimate of drug-likeness (QED) is 0.646. The molecule has 7 nitrogen and oxygen atoms in total. The Hall–Kier alpha value is -2.38. The third-order valence-electron chi connectivity index (χ3n) is 5.10. The first-order chi connectivity index (χ1) is 12.6. The molecule has 2 aliphatic carbocycles. The molecule has 2 aromatic rings. The lowest BCUT2D eigenvalue weighted by Crippen LogP contribution is -2.57. The highest BCUT2D eigenvalue weighted by Crippen LogP contribution is 2.39. The Morgan fingerprint density at radius 1 is 1.12 bits per heavy atom. The minimum atomic E-state index is -1.09. The van der Waals surface area contributed by atoms with Gasteiger partial charge in [0, 0.05) is 11.6 Å². The van der Waals surface area contributed by atoms with E-state index in [1.165, 1.54) is 0 Å². The van der Waals surface area contributed by atoms with Crippen LogP contribution in [0.25, 0.3) is 0 Å². The van der Waals surface area contributed by atoms with Gasteiger partial charge in [0.05, 0.1) is 6.04 Å². The van der Waals surface area contributed by atoms with Crippen molar-refractivity contribution in [2.24, 2.45) is 0 Å². The number of nitrogens with zero attached hydrogens (tertiary/aromatic N) is 1. The zero-order valence-corrected chi connectivity index (χ0v) is 14.3. The van der Waals surface area contributed by atoms with Crippen molar-refractivity contribution >= 4 is 5.91 Å². The number of nitrogens with one attached hydrogen (secondary N) is 2. The molecule has 26 heavy (non-hydrogen) atoms. The summed E-state index contributed by atoms with van der Waals surface area (Å²) in [7, 11) is 0. The van der Waals surface area contributed by atoms with Crippen molar-refractivity contribution < 1.29 is 19.7 Å². The predicted molar refractivity (Wildman–Crippen MR) is 93.9 cm³/mol. The molecule has 0 spiro atoms. The van der Waals surface area contributed by atoms with E-state index < -0.39 is 24.4 Å². The van der Waals surface area contributed by atoms with Crippen LogP contribution in [-0.2, 0) is 0 Å². The number of hydrogen-bond donors (Lipinski definition) is 4. The minimum Gasteiger partial charge on any atom is -0.488 e. The van der Waals surface area contributed by atoms with Gasteiger partial charge in [-0.25, -0.2) is 0 Å². The van der Waals surface area contributed by atoms with Crippen LogP contribution in [0, 0.1) is 0 Å². The summed E-state index contributed by atoms with van der Waals surface area (Å²) in [5.74, 6) is 0.796. The average Bonchev–Trinajstić information content (AvgIpc) is 3.39. The molecule has 7 heteroatoms. The van der Waals surface area contributed by atoms with Gasteiger partial charge in [-0.2, -0.15) is 5.10 Å². The SMILES string of the molecule is O=C(N[C@@H]1CC[C@@H](Oc2ccccc2)[C@@H](O)[C@@H]1O)c1cc(C2CC2)[nH]n1. The van der Waals surface area contributed by atoms with Gasteiger partial charge < -0.3 is 20.3 Å². The van der Waals surface area contributed by atoms with Gasteiger partial charge >= 0.3 is 0 Å². The average molecular weight is 357 g/mol. The molecule has 0 saturated heterocycles. The zero-order valence-electron chi connectivity index (χ0n) is 14.3. The van der Waals surface area contributed by atoms with Crippen LogP contribution in [0.4, 0.5) is 0 Å². The normalized spacial score (nSPS) is 28.5. The Balaban J connectivity index is 1.35. The molecule has 0 radical (unpaired) electrons. The van der Waals surface area contributed by atoms with Gasteiger partial charge in [0.15, 0.2) is 0 Å². The molecule has 0 unspecified atom stereocenters. The summed E-state index contributed by atoms with van der Waals surface area (Å²) in [6.45, 7) is 0. The van der Waals surface area contributed by atoms with Gasteiger partial charge in [0.2, 0.25) is 0 Å². The van der Waals surface area contributed by atoms with Crippen LogP contribution in [0.5, 0.6) is 5.75 Å². The number of hydrogen-bond acceptors (Lipinski definition) is 5. The Morgan fingerprint density at radius 2 is 1.88 bits per heavy atom. The number of rotatable bonds is 5. The lowest BCUT2D eigenvalue weighted by molar-refractivity contribution is -0.0874. The molecule has 2 saturated carbocycles. The molecule has 1 amide bonds. The molecular formula is C19H23N3O4. The molecule has 1 heterocycles. The van der Waals surface area contributed by atoms with E-state index in [-0.39, 0.29) is 5.91 Å². The standard InChI is InChI=1S/C19H23N3O4/c23-17-13(20-19(25)15-10-14(21-22-15)11-6-7-11)8-9-16(18(17)24)26-12-4-2-1-3-5-12/h1-5,10-11,13,16-18,23-24H,6-9H2,(H,20,25)(H,21,22)/t13-,16-,17-,18-/m1/s1. The van der Waals surface area contributed by atoms with Gasteiger partial charge in [-0.3, -0.25) is 9.89 Å². The van der Waals surface area contributed by atoms with Crippen LogP contribution >= 0.6 is 0 Å². The monoisotopic (exact) mass is 357 g/mol. The summed E-state index contributed by atoms with van der Waals surface area (Å²) in [6.07, 6.45) is 0.623. The number of ether oxygens (including phenoxy) is 1. The fraction of sp³-hybridized carbons (Fsp3) is 0.474. The third-order valence-corrected chi connectivity index (χ3v) is 5.10. The van der Waals surface area contributed by atoms with Gasteiger partial charge in [0.25, 0.3) is 5.91 Å². The number of carbonyl (C=O) groups is 1. The van der Waals surface area contributed by atoms with Crippen molar-refractivity contribution in [2.75, 3.05) is 0 Å². The number of aromatic nitrogens is 2. The molecule has 0 bridgehead atoms. The summed E-state index contributed by atoms with van der Waals surface area (Å²) >= 11 is 0. The minimum absolute atomic E-state index is 0.316. The second-order valence-electron chi connectivity index (χ2n) is 7.09. The topological polar surface area (TPSA) is 107 Å². The lowest BCUT2D eigenvalue weighted by atomic mass is 9.87. The Labute approximate surface area is 151 Å². The number of H-pyrrole nitrogens is 1. The summed E-state index contributed by atoms with van der Waals surface area (Å²) in [6, 6.07) is 10.4. The van der Waals surface area contributed by atoms with Gasteiger partial charge in [-0.15, -0.1) is 0 Å². The smallest absolute Gasteiger partial charge is 0.272 e. The van der Waals surface area contributed by atoms with E-state index >= 15 is 0 Å². The number of aliphatic hydroxyl groups excluding tert-OH is 2. The number of amides is 1. The molecule has 4 rings (SSSR count). The molecule has 0 aliphatic heterocycles. The number of benzene rings is 1. The van der Waals surface area contributed by atoms with Crippen molar-refractivity contribution in [3.63, 3.8) is 0 Å². The maximum absolute atomic E-state index is 12.4. The summed E-state index contributed by atoms with van der Waals surface area (Å²) in [5, 5.41) is 30.5. The zero-order chi connectivity index (χ0) is 18.1. The highest BCUT2D eigenvalue weighted by Gasteiger charge is 2.39. The van der Waals surface area contributed by atoms with Crippen molar-refractivity contribution in [3.8, 4) is 5.75 Å². The second kappa shape index (κ2) is 7.09. The highest BCUT2D eigenvalue weighted by atomic mass is 16.5. The Bertz CT molecular complexity index is 759. The van der Waals surface area contributed by atoms with E-state index in [9.17, 15) is 15.0 Å². The Kier molecular flexibility index (Phi) is 4.65. The number of para-hydroxylation sites is 1. The first kappa shape index (κ1) is 17.1. The van der Waals surface area contributed by atoms with E-state index in [0.29, 0.717) is 30.2 Å². The molecule has 2 fully saturated rings. The molecule has 4 N–H and O–H groups in total. The van der Waals surface area contributed by atoms with E-state index in [4.69, 9.17) is 4.74 Å². The van der Waals surface area contributed by atoms with Gasteiger partial charge in [-0.05, 0) is 43.9 Å². The maximum atomic E-state index is 12.4. The molecule has 1 aromatic carbocycles. The summed E-state index contributed by atoms with van der Waals surface area (Å²) in [4.78, 5) is 12.4. The third kappa shape index (κ3) is 3.59. The van der Waals surface area contributed by atoms with Crippen LogP contribution in [0.3, 0.4) is 0 Å². The number of aromatic amines is 1. The van der Waals surface area contributed by atoms with Crippen molar-refractivity contribution in [3.05, 3.63) is 47.8 Å². The van der Waals surface area contributed by atoms with Crippen molar-refractivity contribution in [2.45, 2.75) is 56.0 Å². The first-order valence-electron chi connectivity index (χ1n) is 9.06. The van der Waals surface area contributed by atoms with Crippen LogP contribution in [-0.4, -0.2) is 50.7 Å². The fourth-order valence-corrected chi connectivity index (χ4v) is 3.40. The van der Waals surface area contributed by atoms with E-state index in [1.807, 2.05) is 30.3 Å². The highest BCUT2D eigenvalue weighted by molar-refractivity contribution is 5.92. The summed E-state index contributed by atoms with van der Waals surface area (Å²) < 4.78 is 5.77. The molecule has 4 atom stereocenters. The Morgan fingerprint density at radius 3 is 2.62 bits per heavy atom. The maximum Gasteiger partial charge on any atom is 0.272 e. The van der Waals surface area contributed by atoms with Crippen LogP contribution in [0.1, 0.15) is 47.8 Å². The largest absolute Gasteiger partial charge is 0.488 e. The molecular weight excluding hydrogens is 334 g/mol. The predicted octanol–water partition coefficient (Wildman–Crippen LogP) is 1.35.